The van der Waals surface area contributed by atoms with E-state index in [0.29, 0.717) is 16.3 Å². The molecule has 4 nitrogen and oxygen atoms in total. The third kappa shape index (κ3) is 2.49. The summed E-state index contributed by atoms with van der Waals surface area (Å²) in [6, 6.07) is 14.1. The molecule has 1 fully saturated rings. The molecule has 0 atom stereocenters. The van der Waals surface area contributed by atoms with Crippen molar-refractivity contribution in [3.05, 3.63) is 47.6 Å². The number of nitrogens with zero attached hydrogens (tertiary/aromatic N) is 1. The molecule has 5 rings (SSSR count). The van der Waals surface area contributed by atoms with E-state index in [1.165, 1.54) is 0 Å². The molecule has 0 radical (unpaired) electrons. The van der Waals surface area contributed by atoms with Crippen LogP contribution in [0.4, 0.5) is 0 Å². The second-order valence-electron chi connectivity index (χ2n) is 8.09. The van der Waals surface area contributed by atoms with E-state index < -0.39 is 18.3 Å². The van der Waals surface area contributed by atoms with E-state index >= 15 is 0 Å². The van der Waals surface area contributed by atoms with Crippen LogP contribution in [0.5, 0.6) is 0 Å². The van der Waals surface area contributed by atoms with Crippen LogP contribution in [0.25, 0.3) is 32.7 Å². The van der Waals surface area contributed by atoms with Crippen LogP contribution in [0.15, 0.2) is 46.9 Å². The van der Waals surface area contributed by atoms with Crippen molar-refractivity contribution in [2.45, 2.75) is 38.9 Å². The Bertz CT molecular complexity index is 1200. The predicted octanol–water partition coefficient (Wildman–Crippen LogP) is 5.09. The summed E-state index contributed by atoms with van der Waals surface area (Å²) in [6.07, 6.45) is 0. The number of rotatable bonds is 1. The van der Waals surface area contributed by atoms with Crippen molar-refractivity contribution >= 4 is 57.0 Å². The largest absolute Gasteiger partial charge is 0.515 e. The van der Waals surface area contributed by atoms with Crippen LogP contribution in [0.3, 0.4) is 0 Å². The van der Waals surface area contributed by atoms with Gasteiger partial charge < -0.3 is 13.7 Å². The number of benzene rings is 2. The molecule has 0 amide bonds. The van der Waals surface area contributed by atoms with Crippen molar-refractivity contribution in [1.82, 2.24) is 4.98 Å². The van der Waals surface area contributed by atoms with Crippen LogP contribution in [0, 0.1) is 0 Å². The summed E-state index contributed by atoms with van der Waals surface area (Å²) >= 11 is 6.29. The van der Waals surface area contributed by atoms with Gasteiger partial charge in [0.15, 0.2) is 0 Å². The molecule has 0 unspecified atom stereocenters. The molecular weight excluding hydrogens is 361 g/mol. The Kier molecular flexibility index (Phi) is 3.46. The second kappa shape index (κ2) is 5.47. The van der Waals surface area contributed by atoms with Gasteiger partial charge in [-0.1, -0.05) is 35.9 Å². The van der Waals surface area contributed by atoms with Crippen LogP contribution >= 0.6 is 11.6 Å². The number of fused-ring (bicyclic) bond motifs is 4. The zero-order chi connectivity index (χ0) is 19.0. The third-order valence-electron chi connectivity index (χ3n) is 5.79. The highest BCUT2D eigenvalue weighted by atomic mass is 35.5. The molecule has 0 spiro atoms. The van der Waals surface area contributed by atoms with E-state index in [0.717, 1.165) is 27.1 Å². The minimum Gasteiger partial charge on any atom is -0.456 e. The van der Waals surface area contributed by atoms with E-state index in [4.69, 9.17) is 25.3 Å². The summed E-state index contributed by atoms with van der Waals surface area (Å²) in [5.41, 5.74) is 1.22. The molecule has 2 aromatic heterocycles. The fourth-order valence-corrected chi connectivity index (χ4v) is 3.79. The number of halogens is 1. The molecule has 6 heteroatoms. The molecule has 3 heterocycles. The zero-order valence-electron chi connectivity index (χ0n) is 15.7. The average molecular weight is 380 g/mol. The fraction of sp³-hybridized carbons (Fsp3) is 0.286. The Hall–Kier alpha value is -2.08. The first-order valence-corrected chi connectivity index (χ1v) is 9.40. The molecule has 2 aromatic carbocycles. The van der Waals surface area contributed by atoms with E-state index in [9.17, 15) is 0 Å². The van der Waals surface area contributed by atoms with Gasteiger partial charge in [-0.15, -0.1) is 0 Å². The van der Waals surface area contributed by atoms with Gasteiger partial charge in [-0.2, -0.15) is 0 Å². The van der Waals surface area contributed by atoms with Gasteiger partial charge in [0.1, 0.15) is 16.3 Å². The lowest BCUT2D eigenvalue weighted by atomic mass is 9.81. The molecule has 1 saturated heterocycles. The molecule has 0 aliphatic carbocycles. The SMILES string of the molecule is CC1(C)OB(c2nc(Cl)cc3oc4cc5ccccc5cc4c23)OC1(C)C. The first-order chi connectivity index (χ1) is 12.7. The monoisotopic (exact) mass is 379 g/mol. The zero-order valence-corrected chi connectivity index (χ0v) is 16.4. The van der Waals surface area contributed by atoms with Gasteiger partial charge in [0.05, 0.1) is 16.8 Å². The first kappa shape index (κ1) is 17.1. The lowest BCUT2D eigenvalue weighted by molar-refractivity contribution is 0.00578. The summed E-state index contributed by atoms with van der Waals surface area (Å²) in [4.78, 5) is 4.57. The van der Waals surface area contributed by atoms with Crippen LogP contribution in [-0.2, 0) is 9.31 Å². The van der Waals surface area contributed by atoms with E-state index in [2.05, 4.69) is 23.2 Å². The lowest BCUT2D eigenvalue weighted by Crippen LogP contribution is -2.41. The number of furan rings is 1. The van der Waals surface area contributed by atoms with E-state index in [-0.39, 0.29) is 0 Å². The predicted molar refractivity (Wildman–Crippen MR) is 110 cm³/mol. The van der Waals surface area contributed by atoms with Crippen molar-refractivity contribution in [2.24, 2.45) is 0 Å². The first-order valence-electron chi connectivity index (χ1n) is 9.02. The molecule has 1 aliphatic rings. The Balaban J connectivity index is 1.80. The van der Waals surface area contributed by atoms with Crippen molar-refractivity contribution in [3.63, 3.8) is 0 Å². The quantitative estimate of drug-likeness (QED) is 0.341. The van der Waals surface area contributed by atoms with Crippen LogP contribution in [0.1, 0.15) is 27.7 Å². The number of hydrogen-bond acceptors (Lipinski definition) is 4. The normalized spacial score (nSPS) is 18.8. The van der Waals surface area contributed by atoms with Gasteiger partial charge in [0.25, 0.3) is 0 Å². The topological polar surface area (TPSA) is 44.5 Å². The van der Waals surface area contributed by atoms with E-state index in [1.54, 1.807) is 6.07 Å². The molecule has 0 bridgehead atoms. The number of hydrogen-bond donors (Lipinski definition) is 0. The summed E-state index contributed by atoms with van der Waals surface area (Å²) < 4.78 is 18.6. The Morgan fingerprint density at radius 3 is 2.19 bits per heavy atom. The fourth-order valence-electron chi connectivity index (χ4n) is 3.60. The van der Waals surface area contributed by atoms with Crippen LogP contribution in [0.2, 0.25) is 5.15 Å². The number of pyridine rings is 1. The maximum absolute atomic E-state index is 6.29. The molecule has 136 valence electrons. The minimum atomic E-state index is -0.608. The van der Waals surface area contributed by atoms with Gasteiger partial charge in [-0.05, 0) is 50.6 Å². The Labute approximate surface area is 162 Å². The molecular formula is C21H19BClNO3. The van der Waals surface area contributed by atoms with Crippen LogP contribution in [-0.4, -0.2) is 23.3 Å². The highest BCUT2D eigenvalue weighted by Gasteiger charge is 2.53. The molecule has 0 saturated carbocycles. The highest BCUT2D eigenvalue weighted by molar-refractivity contribution is 6.65. The maximum atomic E-state index is 6.29. The third-order valence-corrected chi connectivity index (χ3v) is 5.99. The Morgan fingerprint density at radius 1 is 0.889 bits per heavy atom. The maximum Gasteiger partial charge on any atom is 0.515 e. The van der Waals surface area contributed by atoms with Gasteiger partial charge in [-0.25, -0.2) is 4.98 Å². The summed E-state index contributed by atoms with van der Waals surface area (Å²) in [5, 5.41) is 4.50. The lowest BCUT2D eigenvalue weighted by Gasteiger charge is -2.32. The molecule has 27 heavy (non-hydrogen) atoms. The average Bonchev–Trinajstić information content (AvgIpc) is 3.04. The second-order valence-corrected chi connectivity index (χ2v) is 8.48. The molecule has 4 aromatic rings. The highest BCUT2D eigenvalue weighted by Crippen LogP contribution is 2.38. The van der Waals surface area contributed by atoms with E-state index in [1.807, 2.05) is 45.9 Å². The van der Waals surface area contributed by atoms with Crippen LogP contribution < -0.4 is 5.59 Å². The molecule has 0 N–H and O–H groups in total. The Morgan fingerprint density at radius 2 is 1.52 bits per heavy atom. The standard InChI is InChI=1S/C21H19BClNO3/c1-20(2)21(3,4)27-22(26-20)19-18-14-9-12-7-5-6-8-13(12)10-15(14)25-16(18)11-17(23)24-19/h5-11H,1-4H3. The number of aromatic nitrogens is 1. The summed E-state index contributed by atoms with van der Waals surface area (Å²) in [5.74, 6) is 0. The van der Waals surface area contributed by atoms with Gasteiger partial charge in [0, 0.05) is 16.8 Å². The molecule has 1 aliphatic heterocycles. The summed E-state index contributed by atoms with van der Waals surface area (Å²) in [6.45, 7) is 8.09. The summed E-state index contributed by atoms with van der Waals surface area (Å²) in [7, 11) is -0.608. The smallest absolute Gasteiger partial charge is 0.456 e. The minimum absolute atomic E-state index is 0.357. The van der Waals surface area contributed by atoms with Crippen molar-refractivity contribution in [1.29, 1.82) is 0 Å². The van der Waals surface area contributed by atoms with Crippen molar-refractivity contribution in [3.8, 4) is 0 Å². The van der Waals surface area contributed by atoms with Gasteiger partial charge in [-0.3, -0.25) is 0 Å². The van der Waals surface area contributed by atoms with Gasteiger partial charge in [0.2, 0.25) is 0 Å². The van der Waals surface area contributed by atoms with Gasteiger partial charge >= 0.3 is 7.12 Å². The van der Waals surface area contributed by atoms with Crippen molar-refractivity contribution < 1.29 is 13.7 Å². The van der Waals surface area contributed by atoms with Crippen molar-refractivity contribution in [2.75, 3.05) is 0 Å².